The molecule has 1 aliphatic rings. The van der Waals surface area contributed by atoms with Crippen LogP contribution in [0.3, 0.4) is 0 Å². The molecule has 1 saturated carbocycles. The van der Waals surface area contributed by atoms with E-state index in [2.05, 4.69) is 25.6 Å². The van der Waals surface area contributed by atoms with Crippen LogP contribution in [0.15, 0.2) is 24.5 Å². The van der Waals surface area contributed by atoms with E-state index in [0.717, 1.165) is 0 Å². The highest BCUT2D eigenvalue weighted by Crippen LogP contribution is 2.42. The first-order valence-electron chi connectivity index (χ1n) is 9.69. The molecule has 31 heavy (non-hydrogen) atoms. The van der Waals surface area contributed by atoms with Gasteiger partial charge in [-0.05, 0) is 12.5 Å². The van der Waals surface area contributed by atoms with E-state index >= 15 is 0 Å². The Balaban J connectivity index is 1.67. The van der Waals surface area contributed by atoms with Crippen molar-refractivity contribution in [1.82, 2.24) is 15.0 Å². The minimum absolute atomic E-state index is 0.0516. The third kappa shape index (κ3) is 5.52. The fourth-order valence-electron chi connectivity index (χ4n) is 3.10. The molecule has 1 fully saturated rings. The summed E-state index contributed by atoms with van der Waals surface area (Å²) in [7, 11) is 0. The van der Waals surface area contributed by atoms with Crippen LogP contribution in [0.5, 0.6) is 5.88 Å². The van der Waals surface area contributed by atoms with Crippen LogP contribution >= 0.6 is 0 Å². The molecule has 2 atom stereocenters. The number of ether oxygens (including phenoxy) is 1. The second-order valence-electron chi connectivity index (χ2n) is 7.87. The highest BCUT2D eigenvalue weighted by Gasteiger charge is 2.47. The summed E-state index contributed by atoms with van der Waals surface area (Å²) in [4.78, 5) is 12.4. The van der Waals surface area contributed by atoms with Gasteiger partial charge < -0.3 is 20.5 Å². The van der Waals surface area contributed by atoms with Gasteiger partial charge in [-0.15, -0.1) is 0 Å². The number of nitrogens with zero attached hydrogens (tertiary/aromatic N) is 4. The second kappa shape index (κ2) is 8.93. The lowest BCUT2D eigenvalue weighted by Gasteiger charge is -2.49. The molecule has 166 valence electrons. The van der Waals surface area contributed by atoms with E-state index in [0.29, 0.717) is 17.8 Å². The average molecular weight is 436 g/mol. The summed E-state index contributed by atoms with van der Waals surface area (Å²) < 4.78 is 42.2. The first-order chi connectivity index (χ1) is 14.6. The van der Waals surface area contributed by atoms with Crippen LogP contribution in [0.25, 0.3) is 0 Å². The van der Waals surface area contributed by atoms with Gasteiger partial charge in [0.05, 0.1) is 25.3 Å². The number of rotatable bonds is 8. The number of pyridine rings is 1. The van der Waals surface area contributed by atoms with E-state index in [9.17, 15) is 23.5 Å². The Hall–Kier alpha value is -3.13. The van der Waals surface area contributed by atoms with Crippen LogP contribution in [0.1, 0.15) is 37.8 Å². The molecule has 3 rings (SSSR count). The lowest BCUT2D eigenvalue weighted by molar-refractivity contribution is -0.139. The monoisotopic (exact) mass is 436 g/mol. The standard InChI is InChI=1S/C20H23F3N6O2/c1-19(2)14(8-15(19)30)28-16-13(9-24)11-27-18(29-16)26-10-12-4-3-6-25-17(12)31-7-5-20(21,22)23/h3-4,6,11,14-15,30H,5,7-8,10H2,1-2H3,(H2,26,27,28,29)/t14-,15+/m1/s1. The number of nitrogens with one attached hydrogen (secondary N) is 2. The molecule has 11 heteroatoms. The lowest BCUT2D eigenvalue weighted by atomic mass is 9.64. The van der Waals surface area contributed by atoms with E-state index < -0.39 is 25.3 Å². The number of alkyl halides is 3. The van der Waals surface area contributed by atoms with E-state index in [1.165, 1.54) is 12.4 Å². The third-order valence-corrected chi connectivity index (χ3v) is 5.35. The second-order valence-corrected chi connectivity index (χ2v) is 7.87. The zero-order valence-electron chi connectivity index (χ0n) is 17.1. The molecule has 0 radical (unpaired) electrons. The van der Waals surface area contributed by atoms with Gasteiger partial charge in [0, 0.05) is 29.8 Å². The SMILES string of the molecule is CC1(C)[C@@H](O)C[C@H]1Nc1nc(NCc2cccnc2OCCC(F)(F)F)ncc1C#N. The van der Waals surface area contributed by atoms with Crippen LogP contribution in [0.2, 0.25) is 0 Å². The van der Waals surface area contributed by atoms with E-state index in [1.54, 1.807) is 12.1 Å². The molecule has 8 nitrogen and oxygen atoms in total. The highest BCUT2D eigenvalue weighted by atomic mass is 19.4. The van der Waals surface area contributed by atoms with Gasteiger partial charge in [-0.3, -0.25) is 0 Å². The Bertz CT molecular complexity index is 961. The maximum Gasteiger partial charge on any atom is 0.392 e. The Kier molecular flexibility index (Phi) is 6.50. The molecule has 1 aliphatic carbocycles. The van der Waals surface area contributed by atoms with Crippen molar-refractivity contribution >= 4 is 11.8 Å². The zero-order chi connectivity index (χ0) is 22.6. The molecule has 2 heterocycles. The molecule has 0 saturated heterocycles. The van der Waals surface area contributed by atoms with E-state index in [1.807, 2.05) is 19.9 Å². The molecule has 0 amide bonds. The summed E-state index contributed by atoms with van der Waals surface area (Å²) in [6.07, 6.45) is -2.46. The molecule has 0 unspecified atom stereocenters. The molecule has 0 bridgehead atoms. The molecule has 0 spiro atoms. The summed E-state index contributed by atoms with van der Waals surface area (Å²) >= 11 is 0. The van der Waals surface area contributed by atoms with Crippen molar-refractivity contribution in [1.29, 1.82) is 5.26 Å². The number of nitriles is 1. The Morgan fingerprint density at radius 3 is 2.77 bits per heavy atom. The summed E-state index contributed by atoms with van der Waals surface area (Å²) in [6.45, 7) is 3.48. The van der Waals surface area contributed by atoms with Gasteiger partial charge in [0.1, 0.15) is 17.5 Å². The topological polar surface area (TPSA) is 116 Å². The normalized spacial score (nSPS) is 19.8. The first kappa shape index (κ1) is 22.6. The number of hydrogen-bond acceptors (Lipinski definition) is 8. The number of aliphatic hydroxyl groups is 1. The number of hydrogen-bond donors (Lipinski definition) is 3. The minimum Gasteiger partial charge on any atom is -0.477 e. The third-order valence-electron chi connectivity index (χ3n) is 5.35. The molecule has 2 aromatic heterocycles. The maximum atomic E-state index is 12.3. The molecular weight excluding hydrogens is 413 g/mol. The van der Waals surface area contributed by atoms with Crippen molar-refractivity contribution < 1.29 is 23.0 Å². The molecular formula is C20H23F3N6O2. The number of anilines is 2. The number of aromatic nitrogens is 3. The van der Waals surface area contributed by atoms with E-state index in [4.69, 9.17) is 4.74 Å². The van der Waals surface area contributed by atoms with Crippen molar-refractivity contribution in [3.8, 4) is 11.9 Å². The lowest BCUT2D eigenvalue weighted by Crippen LogP contribution is -2.57. The van der Waals surface area contributed by atoms with Crippen LogP contribution in [-0.2, 0) is 6.54 Å². The quantitative estimate of drug-likeness (QED) is 0.578. The van der Waals surface area contributed by atoms with Crippen LogP contribution in [0.4, 0.5) is 24.9 Å². The zero-order valence-corrected chi connectivity index (χ0v) is 17.1. The largest absolute Gasteiger partial charge is 0.477 e. The van der Waals surface area contributed by atoms with Gasteiger partial charge in [-0.2, -0.15) is 23.4 Å². The predicted molar refractivity (Wildman–Crippen MR) is 106 cm³/mol. The summed E-state index contributed by atoms with van der Waals surface area (Å²) in [5.74, 6) is 0.665. The fraction of sp³-hybridized carbons (Fsp3) is 0.500. The molecule has 0 aliphatic heterocycles. The minimum atomic E-state index is -4.31. The number of halogens is 3. The average Bonchev–Trinajstić information content (AvgIpc) is 2.72. The van der Waals surface area contributed by atoms with Gasteiger partial charge in [0.2, 0.25) is 11.8 Å². The summed E-state index contributed by atoms with van der Waals surface area (Å²) in [6, 6.07) is 5.30. The Morgan fingerprint density at radius 1 is 1.35 bits per heavy atom. The summed E-state index contributed by atoms with van der Waals surface area (Å²) in [5.41, 5.74) is 0.444. The smallest absolute Gasteiger partial charge is 0.392 e. The Labute approximate surface area is 177 Å². The van der Waals surface area contributed by atoms with E-state index in [-0.39, 0.29) is 35.4 Å². The van der Waals surface area contributed by atoms with Gasteiger partial charge >= 0.3 is 6.18 Å². The van der Waals surface area contributed by atoms with Crippen molar-refractivity contribution in [3.63, 3.8) is 0 Å². The summed E-state index contributed by atoms with van der Waals surface area (Å²) in [5, 5.41) is 25.4. The maximum absolute atomic E-state index is 12.3. The van der Waals surface area contributed by atoms with Gasteiger partial charge in [0.25, 0.3) is 0 Å². The van der Waals surface area contributed by atoms with Crippen molar-refractivity contribution in [3.05, 3.63) is 35.7 Å². The molecule has 2 aromatic rings. The van der Waals surface area contributed by atoms with Gasteiger partial charge in [-0.1, -0.05) is 19.9 Å². The first-order valence-corrected chi connectivity index (χ1v) is 9.69. The molecule has 0 aromatic carbocycles. The van der Waals surface area contributed by atoms with Gasteiger partial charge in [0.15, 0.2) is 0 Å². The van der Waals surface area contributed by atoms with Crippen molar-refractivity contribution in [2.75, 3.05) is 17.2 Å². The van der Waals surface area contributed by atoms with Gasteiger partial charge in [-0.25, -0.2) is 9.97 Å². The van der Waals surface area contributed by atoms with Crippen molar-refractivity contribution in [2.24, 2.45) is 5.41 Å². The number of aliphatic hydroxyl groups excluding tert-OH is 1. The highest BCUT2D eigenvalue weighted by molar-refractivity contribution is 5.54. The van der Waals surface area contributed by atoms with Crippen LogP contribution in [-0.4, -0.2) is 45.0 Å². The van der Waals surface area contributed by atoms with Crippen LogP contribution < -0.4 is 15.4 Å². The van der Waals surface area contributed by atoms with Crippen molar-refractivity contribution in [2.45, 2.75) is 51.6 Å². The predicted octanol–water partition coefficient (Wildman–Crippen LogP) is 3.26. The van der Waals surface area contributed by atoms with Crippen LogP contribution in [0, 0.1) is 16.7 Å². The fourth-order valence-corrected chi connectivity index (χ4v) is 3.10. The molecule has 3 N–H and O–H groups in total. The Morgan fingerprint density at radius 2 is 2.13 bits per heavy atom.